The number of rotatable bonds is 11. The van der Waals surface area contributed by atoms with E-state index >= 15 is 0 Å². The Morgan fingerprint density at radius 2 is 1.95 bits per heavy atom. The van der Waals surface area contributed by atoms with Crippen LogP contribution in [0.1, 0.15) is 24.8 Å². The van der Waals surface area contributed by atoms with E-state index in [1.54, 1.807) is 36.3 Å². The van der Waals surface area contributed by atoms with E-state index in [1.807, 2.05) is 24.3 Å². The van der Waals surface area contributed by atoms with Gasteiger partial charge < -0.3 is 14.4 Å². The Morgan fingerprint density at radius 1 is 1.18 bits per heavy atom. The van der Waals surface area contributed by atoms with Crippen LogP contribution in [-0.4, -0.2) is 79.3 Å². The van der Waals surface area contributed by atoms with Gasteiger partial charge in [0, 0.05) is 38.1 Å². The molecule has 0 bridgehead atoms. The number of carbonyl (C=O) groups is 2. The van der Waals surface area contributed by atoms with Gasteiger partial charge in [-0.1, -0.05) is 48.0 Å². The minimum Gasteiger partial charge on any atom is -0.447 e. The van der Waals surface area contributed by atoms with Crippen LogP contribution in [-0.2, 0) is 20.7 Å². The van der Waals surface area contributed by atoms with Crippen molar-refractivity contribution in [2.75, 3.05) is 51.8 Å². The van der Waals surface area contributed by atoms with E-state index in [9.17, 15) is 14.0 Å². The van der Waals surface area contributed by atoms with E-state index in [4.69, 9.17) is 21.1 Å². The van der Waals surface area contributed by atoms with Crippen molar-refractivity contribution < 1.29 is 23.5 Å². The standard InChI is InChI=1S/C29H34ClFN4O4/c1-34(27(36)12-11-21-8-4-10-25(31)28(21)30)24(9-5-13-35-14-16-38-17-15-35)20-39-29(37)33-26-18-22-6-2-3-7-23(22)19-32-26/h2-4,6-8,10,18-19,24H,5,9,11-17,20H2,1H3,(H,32,33,37)/t24-/m0/s1. The molecular weight excluding hydrogens is 523 g/mol. The molecule has 1 saturated heterocycles. The highest BCUT2D eigenvalue weighted by atomic mass is 35.5. The van der Waals surface area contributed by atoms with Gasteiger partial charge in [-0.3, -0.25) is 15.0 Å². The quantitative estimate of drug-likeness (QED) is 0.352. The summed E-state index contributed by atoms with van der Waals surface area (Å²) in [5.41, 5.74) is 0.584. The third kappa shape index (κ3) is 8.36. The zero-order valence-corrected chi connectivity index (χ0v) is 22.8. The number of anilines is 1. The Kier molecular flexibility index (Phi) is 10.5. The van der Waals surface area contributed by atoms with Gasteiger partial charge in [-0.05, 0) is 48.9 Å². The monoisotopic (exact) mass is 556 g/mol. The van der Waals surface area contributed by atoms with Crippen LogP contribution < -0.4 is 5.32 Å². The average molecular weight is 557 g/mol. The maximum Gasteiger partial charge on any atom is 0.412 e. The maximum atomic E-state index is 13.8. The Bertz CT molecular complexity index is 1270. The number of carbonyl (C=O) groups excluding carboxylic acids is 2. The molecule has 208 valence electrons. The second kappa shape index (κ2) is 14.2. The van der Waals surface area contributed by atoms with Crippen LogP contribution >= 0.6 is 11.6 Å². The molecule has 2 heterocycles. The predicted octanol–water partition coefficient (Wildman–Crippen LogP) is 5.15. The topological polar surface area (TPSA) is 84.0 Å². The molecule has 1 aliphatic rings. The number of ether oxygens (including phenoxy) is 2. The van der Waals surface area contributed by atoms with E-state index < -0.39 is 11.9 Å². The molecule has 4 rings (SSSR count). The van der Waals surface area contributed by atoms with Crippen LogP contribution in [0.4, 0.5) is 15.0 Å². The van der Waals surface area contributed by atoms with Gasteiger partial charge in [-0.15, -0.1) is 0 Å². The normalized spacial score (nSPS) is 14.6. The van der Waals surface area contributed by atoms with Crippen LogP contribution in [0.5, 0.6) is 0 Å². The lowest BCUT2D eigenvalue weighted by atomic mass is 10.1. The molecule has 0 unspecified atom stereocenters. The van der Waals surface area contributed by atoms with Crippen LogP contribution in [0.15, 0.2) is 54.7 Å². The summed E-state index contributed by atoms with van der Waals surface area (Å²) in [5, 5.41) is 4.64. The van der Waals surface area contributed by atoms with E-state index in [0.29, 0.717) is 24.2 Å². The molecule has 39 heavy (non-hydrogen) atoms. The number of halogens is 2. The minimum absolute atomic E-state index is 0.0332. The zero-order chi connectivity index (χ0) is 27.6. The van der Waals surface area contributed by atoms with Crippen LogP contribution in [0.2, 0.25) is 5.02 Å². The molecule has 0 spiro atoms. The molecule has 1 fully saturated rings. The Morgan fingerprint density at radius 3 is 2.74 bits per heavy atom. The molecule has 1 aliphatic heterocycles. The number of fused-ring (bicyclic) bond motifs is 1. The number of aromatic nitrogens is 1. The summed E-state index contributed by atoms with van der Waals surface area (Å²) in [7, 11) is 1.71. The van der Waals surface area contributed by atoms with Crippen molar-refractivity contribution in [1.82, 2.24) is 14.8 Å². The summed E-state index contributed by atoms with van der Waals surface area (Å²) >= 11 is 6.06. The van der Waals surface area contributed by atoms with E-state index in [-0.39, 0.29) is 30.0 Å². The summed E-state index contributed by atoms with van der Waals surface area (Å²) in [6.07, 6.45) is 3.01. The highest BCUT2D eigenvalue weighted by Crippen LogP contribution is 2.22. The van der Waals surface area contributed by atoms with Crippen molar-refractivity contribution in [3.8, 4) is 0 Å². The lowest BCUT2D eigenvalue weighted by molar-refractivity contribution is -0.133. The molecule has 2 amide bonds. The fourth-order valence-electron chi connectivity index (χ4n) is 4.59. The van der Waals surface area contributed by atoms with Crippen molar-refractivity contribution in [1.29, 1.82) is 0 Å². The van der Waals surface area contributed by atoms with E-state index in [1.165, 1.54) is 6.07 Å². The van der Waals surface area contributed by atoms with Crippen molar-refractivity contribution in [2.45, 2.75) is 31.7 Å². The number of nitrogens with zero attached hydrogens (tertiary/aromatic N) is 3. The second-order valence-electron chi connectivity index (χ2n) is 9.61. The minimum atomic E-state index is -0.636. The molecule has 0 saturated carbocycles. The summed E-state index contributed by atoms with van der Waals surface area (Å²) in [5.74, 6) is -0.248. The summed E-state index contributed by atoms with van der Waals surface area (Å²) in [6, 6.07) is 13.8. The first-order valence-corrected chi connectivity index (χ1v) is 13.6. The molecule has 2 aromatic carbocycles. The van der Waals surface area contributed by atoms with Crippen LogP contribution in [0.3, 0.4) is 0 Å². The van der Waals surface area contributed by atoms with Crippen LogP contribution in [0, 0.1) is 5.82 Å². The van der Waals surface area contributed by atoms with Crippen molar-refractivity contribution >= 4 is 40.2 Å². The van der Waals surface area contributed by atoms with Crippen molar-refractivity contribution in [3.63, 3.8) is 0 Å². The maximum absolute atomic E-state index is 13.8. The number of pyridine rings is 1. The number of likely N-dealkylation sites (N-methyl/N-ethyl adjacent to an activating group) is 1. The highest BCUT2D eigenvalue weighted by Gasteiger charge is 2.23. The number of hydrogen-bond donors (Lipinski definition) is 1. The van der Waals surface area contributed by atoms with Gasteiger partial charge >= 0.3 is 6.09 Å². The zero-order valence-electron chi connectivity index (χ0n) is 22.1. The molecule has 1 atom stereocenters. The largest absolute Gasteiger partial charge is 0.447 e. The number of nitrogens with one attached hydrogen (secondary N) is 1. The molecule has 1 aromatic heterocycles. The van der Waals surface area contributed by atoms with Crippen molar-refractivity contribution in [2.24, 2.45) is 0 Å². The summed E-state index contributed by atoms with van der Waals surface area (Å²) in [6.45, 7) is 4.10. The van der Waals surface area contributed by atoms with Gasteiger partial charge in [0.25, 0.3) is 0 Å². The van der Waals surface area contributed by atoms with Gasteiger partial charge in [0.05, 0.1) is 24.3 Å². The summed E-state index contributed by atoms with van der Waals surface area (Å²) < 4.78 is 24.8. The molecule has 10 heteroatoms. The van der Waals surface area contributed by atoms with Gasteiger partial charge in [-0.25, -0.2) is 14.2 Å². The second-order valence-corrected chi connectivity index (χ2v) is 9.99. The fourth-order valence-corrected chi connectivity index (χ4v) is 4.81. The number of amides is 2. The first kappa shape index (κ1) is 28.7. The Balaban J connectivity index is 1.34. The number of aryl methyl sites for hydroxylation is 1. The molecule has 1 N–H and O–H groups in total. The van der Waals surface area contributed by atoms with Gasteiger partial charge in [0.2, 0.25) is 5.91 Å². The molecule has 8 nitrogen and oxygen atoms in total. The fraction of sp³-hybridized carbons (Fsp3) is 0.414. The lowest BCUT2D eigenvalue weighted by Gasteiger charge is -2.30. The Labute approximate surface area is 233 Å². The lowest BCUT2D eigenvalue weighted by Crippen LogP contribution is -2.42. The van der Waals surface area contributed by atoms with Crippen molar-refractivity contribution in [3.05, 3.63) is 71.1 Å². The SMILES string of the molecule is CN(C(=O)CCc1cccc(F)c1Cl)[C@@H](CCCN1CCOCC1)COC(=O)Nc1cc2ccccc2cn1. The highest BCUT2D eigenvalue weighted by molar-refractivity contribution is 6.31. The predicted molar refractivity (Wildman–Crippen MR) is 149 cm³/mol. The third-order valence-electron chi connectivity index (χ3n) is 6.96. The van der Waals surface area contributed by atoms with E-state index in [0.717, 1.165) is 50.0 Å². The smallest absolute Gasteiger partial charge is 0.412 e. The first-order valence-electron chi connectivity index (χ1n) is 13.2. The van der Waals surface area contributed by atoms with Gasteiger partial charge in [0.15, 0.2) is 0 Å². The van der Waals surface area contributed by atoms with E-state index in [2.05, 4.69) is 15.2 Å². The molecular formula is C29H34ClFN4O4. The average Bonchev–Trinajstić information content (AvgIpc) is 2.95. The number of benzene rings is 2. The molecule has 0 aliphatic carbocycles. The van der Waals surface area contributed by atoms with Gasteiger partial charge in [0.1, 0.15) is 18.2 Å². The third-order valence-corrected chi connectivity index (χ3v) is 7.39. The van der Waals surface area contributed by atoms with Crippen LogP contribution in [0.25, 0.3) is 10.8 Å². The van der Waals surface area contributed by atoms with Gasteiger partial charge in [-0.2, -0.15) is 0 Å². The Hall–Kier alpha value is -3.27. The molecule has 3 aromatic rings. The first-order chi connectivity index (χ1) is 18.9. The number of hydrogen-bond acceptors (Lipinski definition) is 6. The summed E-state index contributed by atoms with van der Waals surface area (Å²) in [4.78, 5) is 33.9. The number of morpholine rings is 1. The molecule has 0 radical (unpaired) electrons.